The summed E-state index contributed by atoms with van der Waals surface area (Å²) in [5.41, 5.74) is 5.73. The second-order valence-electron chi connectivity index (χ2n) is 2.72. The molecule has 1 aliphatic heterocycles. The van der Waals surface area contributed by atoms with Gasteiger partial charge in [-0.25, -0.2) is 0 Å². The summed E-state index contributed by atoms with van der Waals surface area (Å²) in [5, 5.41) is 3.16. The molecule has 0 saturated carbocycles. The Morgan fingerprint density at radius 2 is 2.27 bits per heavy atom. The number of ether oxygens (including phenoxy) is 2. The van der Waals surface area contributed by atoms with Crippen molar-refractivity contribution in [3.8, 4) is 0 Å². The molecule has 0 aromatic carbocycles. The summed E-state index contributed by atoms with van der Waals surface area (Å²) in [5.74, 6) is 0. The third kappa shape index (κ3) is 2.75. The van der Waals surface area contributed by atoms with Crippen molar-refractivity contribution in [2.75, 3.05) is 33.4 Å². The van der Waals surface area contributed by atoms with Crippen molar-refractivity contribution >= 4 is 0 Å². The van der Waals surface area contributed by atoms with E-state index in [1.165, 1.54) is 0 Å². The number of rotatable bonds is 4. The molecule has 11 heavy (non-hydrogen) atoms. The zero-order valence-electron chi connectivity index (χ0n) is 6.88. The maximum absolute atomic E-state index is 5.73. The lowest BCUT2D eigenvalue weighted by Crippen LogP contribution is -2.35. The molecule has 0 amide bonds. The molecular formula is C7H16N2O2. The van der Waals surface area contributed by atoms with Crippen LogP contribution in [0.1, 0.15) is 0 Å². The second kappa shape index (κ2) is 4.66. The van der Waals surface area contributed by atoms with E-state index >= 15 is 0 Å². The molecule has 0 radical (unpaired) electrons. The van der Waals surface area contributed by atoms with E-state index < -0.39 is 0 Å². The largest absolute Gasteiger partial charge is 0.382 e. The molecule has 4 nitrogen and oxygen atoms in total. The van der Waals surface area contributed by atoms with Gasteiger partial charge in [0.1, 0.15) is 0 Å². The molecule has 0 aliphatic carbocycles. The van der Waals surface area contributed by atoms with Crippen LogP contribution in [0.15, 0.2) is 0 Å². The SMILES string of the molecule is COCCOC1CNCC1N. The molecule has 1 saturated heterocycles. The highest BCUT2D eigenvalue weighted by atomic mass is 16.5. The highest BCUT2D eigenvalue weighted by molar-refractivity contribution is 4.84. The summed E-state index contributed by atoms with van der Waals surface area (Å²) >= 11 is 0. The number of hydrogen-bond acceptors (Lipinski definition) is 4. The number of hydrogen-bond donors (Lipinski definition) is 2. The third-order valence-electron chi connectivity index (χ3n) is 1.82. The van der Waals surface area contributed by atoms with Crippen LogP contribution in [0.4, 0.5) is 0 Å². The van der Waals surface area contributed by atoms with Gasteiger partial charge in [-0.2, -0.15) is 0 Å². The Kier molecular flexibility index (Phi) is 3.79. The van der Waals surface area contributed by atoms with E-state index in [4.69, 9.17) is 15.2 Å². The standard InChI is InChI=1S/C7H16N2O2/c1-10-2-3-11-7-5-9-4-6(7)8/h6-7,9H,2-5,8H2,1H3. The molecule has 4 heteroatoms. The van der Waals surface area contributed by atoms with Gasteiger partial charge in [0.15, 0.2) is 0 Å². The van der Waals surface area contributed by atoms with E-state index in [1.807, 2.05) is 0 Å². The summed E-state index contributed by atoms with van der Waals surface area (Å²) in [6.07, 6.45) is 0.171. The lowest BCUT2D eigenvalue weighted by atomic mass is 10.2. The van der Waals surface area contributed by atoms with Crippen LogP contribution < -0.4 is 11.1 Å². The van der Waals surface area contributed by atoms with E-state index in [-0.39, 0.29) is 12.1 Å². The average molecular weight is 160 g/mol. The van der Waals surface area contributed by atoms with Gasteiger partial charge in [-0.1, -0.05) is 0 Å². The number of nitrogens with two attached hydrogens (primary N) is 1. The van der Waals surface area contributed by atoms with Crippen molar-refractivity contribution < 1.29 is 9.47 Å². The van der Waals surface area contributed by atoms with Crippen LogP contribution in [0.2, 0.25) is 0 Å². The molecule has 2 atom stereocenters. The molecule has 3 N–H and O–H groups in total. The van der Waals surface area contributed by atoms with Crippen LogP contribution in [0.3, 0.4) is 0 Å². The predicted molar refractivity (Wildman–Crippen MR) is 42.5 cm³/mol. The zero-order valence-corrected chi connectivity index (χ0v) is 6.88. The Balaban J connectivity index is 2.05. The van der Waals surface area contributed by atoms with E-state index in [2.05, 4.69) is 5.32 Å². The first kappa shape index (κ1) is 8.93. The predicted octanol–water partition coefficient (Wildman–Crippen LogP) is -1.05. The Labute approximate surface area is 67.0 Å². The second-order valence-corrected chi connectivity index (χ2v) is 2.72. The summed E-state index contributed by atoms with van der Waals surface area (Å²) in [7, 11) is 1.66. The van der Waals surface area contributed by atoms with Gasteiger partial charge in [-0.05, 0) is 0 Å². The monoisotopic (exact) mass is 160 g/mol. The van der Waals surface area contributed by atoms with Gasteiger partial charge in [0.25, 0.3) is 0 Å². The fraction of sp³-hybridized carbons (Fsp3) is 1.00. The summed E-state index contributed by atoms with van der Waals surface area (Å²) in [4.78, 5) is 0. The highest BCUT2D eigenvalue weighted by Gasteiger charge is 2.23. The maximum atomic E-state index is 5.73. The normalized spacial score (nSPS) is 31.1. The third-order valence-corrected chi connectivity index (χ3v) is 1.82. The van der Waals surface area contributed by atoms with Gasteiger partial charge in [-0.15, -0.1) is 0 Å². The van der Waals surface area contributed by atoms with Crippen molar-refractivity contribution in [2.45, 2.75) is 12.1 Å². The van der Waals surface area contributed by atoms with Gasteiger partial charge in [0.2, 0.25) is 0 Å². The Morgan fingerprint density at radius 1 is 1.45 bits per heavy atom. The minimum atomic E-state index is 0.145. The number of nitrogens with one attached hydrogen (secondary N) is 1. The minimum absolute atomic E-state index is 0.145. The minimum Gasteiger partial charge on any atom is -0.382 e. The summed E-state index contributed by atoms with van der Waals surface area (Å²) in [6, 6.07) is 0.145. The molecule has 2 unspecified atom stereocenters. The van der Waals surface area contributed by atoms with Gasteiger partial charge in [-0.3, -0.25) is 0 Å². The summed E-state index contributed by atoms with van der Waals surface area (Å²) in [6.45, 7) is 3.00. The Bertz CT molecular complexity index is 111. The van der Waals surface area contributed by atoms with Crippen LogP contribution in [-0.4, -0.2) is 45.6 Å². The van der Waals surface area contributed by atoms with Gasteiger partial charge < -0.3 is 20.5 Å². The topological polar surface area (TPSA) is 56.5 Å². The van der Waals surface area contributed by atoms with Crippen LogP contribution >= 0.6 is 0 Å². The van der Waals surface area contributed by atoms with Crippen LogP contribution in [-0.2, 0) is 9.47 Å². The molecular weight excluding hydrogens is 144 g/mol. The number of methoxy groups -OCH3 is 1. The molecule has 1 aliphatic rings. The summed E-state index contributed by atoms with van der Waals surface area (Å²) < 4.78 is 10.3. The Morgan fingerprint density at radius 3 is 2.82 bits per heavy atom. The molecule has 0 aromatic rings. The van der Waals surface area contributed by atoms with Crippen molar-refractivity contribution in [1.29, 1.82) is 0 Å². The van der Waals surface area contributed by atoms with Crippen LogP contribution in [0.5, 0.6) is 0 Å². The van der Waals surface area contributed by atoms with Crippen molar-refractivity contribution in [1.82, 2.24) is 5.32 Å². The fourth-order valence-corrected chi connectivity index (χ4v) is 1.14. The smallest absolute Gasteiger partial charge is 0.0863 e. The average Bonchev–Trinajstić information content (AvgIpc) is 2.37. The van der Waals surface area contributed by atoms with Gasteiger partial charge >= 0.3 is 0 Å². The molecule has 1 heterocycles. The maximum Gasteiger partial charge on any atom is 0.0863 e. The van der Waals surface area contributed by atoms with E-state index in [0.717, 1.165) is 13.1 Å². The van der Waals surface area contributed by atoms with Crippen molar-refractivity contribution in [3.63, 3.8) is 0 Å². The van der Waals surface area contributed by atoms with Crippen molar-refractivity contribution in [3.05, 3.63) is 0 Å². The highest BCUT2D eigenvalue weighted by Crippen LogP contribution is 2.01. The van der Waals surface area contributed by atoms with Crippen LogP contribution in [0, 0.1) is 0 Å². The van der Waals surface area contributed by atoms with E-state index in [0.29, 0.717) is 13.2 Å². The van der Waals surface area contributed by atoms with Crippen LogP contribution in [0.25, 0.3) is 0 Å². The molecule has 1 rings (SSSR count). The van der Waals surface area contributed by atoms with Crippen molar-refractivity contribution in [2.24, 2.45) is 5.73 Å². The first-order valence-electron chi connectivity index (χ1n) is 3.91. The van der Waals surface area contributed by atoms with Gasteiger partial charge in [0.05, 0.1) is 19.3 Å². The van der Waals surface area contributed by atoms with E-state index in [9.17, 15) is 0 Å². The molecule has 0 spiro atoms. The molecule has 1 fully saturated rings. The fourth-order valence-electron chi connectivity index (χ4n) is 1.14. The molecule has 0 aromatic heterocycles. The molecule has 0 bridgehead atoms. The first-order valence-corrected chi connectivity index (χ1v) is 3.91. The Hall–Kier alpha value is -0.160. The van der Waals surface area contributed by atoms with E-state index in [1.54, 1.807) is 7.11 Å². The zero-order chi connectivity index (χ0) is 8.10. The lowest BCUT2D eigenvalue weighted by Gasteiger charge is -2.14. The van der Waals surface area contributed by atoms with Gasteiger partial charge in [0, 0.05) is 26.2 Å². The quantitative estimate of drug-likeness (QED) is 0.515. The first-order chi connectivity index (χ1) is 5.34. The molecule has 66 valence electrons. The lowest BCUT2D eigenvalue weighted by molar-refractivity contribution is 0.0205.